The first kappa shape index (κ1) is 12.7. The molecular formula is C13H23NS. The van der Waals surface area contributed by atoms with E-state index in [0.717, 1.165) is 6.54 Å². The molecule has 15 heavy (non-hydrogen) atoms. The maximum atomic E-state index is 3.61. The van der Waals surface area contributed by atoms with Crippen molar-refractivity contribution in [3.63, 3.8) is 0 Å². The molecule has 0 bridgehead atoms. The van der Waals surface area contributed by atoms with Gasteiger partial charge in [0.05, 0.1) is 0 Å². The SMILES string of the molecule is CCCCC(C)NCC(C)c1ccsc1. The summed E-state index contributed by atoms with van der Waals surface area (Å²) in [4.78, 5) is 0. The van der Waals surface area contributed by atoms with Gasteiger partial charge in [-0.25, -0.2) is 0 Å². The molecule has 0 amide bonds. The number of unbranched alkanes of at least 4 members (excludes halogenated alkanes) is 1. The van der Waals surface area contributed by atoms with E-state index < -0.39 is 0 Å². The van der Waals surface area contributed by atoms with E-state index in [-0.39, 0.29) is 0 Å². The molecule has 86 valence electrons. The number of nitrogens with one attached hydrogen (secondary N) is 1. The highest BCUT2D eigenvalue weighted by Crippen LogP contribution is 2.17. The summed E-state index contributed by atoms with van der Waals surface area (Å²) in [6, 6.07) is 2.89. The first-order valence-corrected chi connectivity index (χ1v) is 6.93. The number of hydrogen-bond donors (Lipinski definition) is 1. The van der Waals surface area contributed by atoms with Crippen LogP contribution in [-0.4, -0.2) is 12.6 Å². The van der Waals surface area contributed by atoms with Crippen LogP contribution in [-0.2, 0) is 0 Å². The summed E-state index contributed by atoms with van der Waals surface area (Å²) in [6.45, 7) is 7.93. The molecule has 1 rings (SSSR count). The van der Waals surface area contributed by atoms with Gasteiger partial charge in [-0.15, -0.1) is 0 Å². The summed E-state index contributed by atoms with van der Waals surface area (Å²) in [5, 5.41) is 8.02. The van der Waals surface area contributed by atoms with Crippen LogP contribution in [0.4, 0.5) is 0 Å². The van der Waals surface area contributed by atoms with E-state index in [2.05, 4.69) is 42.9 Å². The lowest BCUT2D eigenvalue weighted by molar-refractivity contribution is 0.478. The highest BCUT2D eigenvalue weighted by Gasteiger charge is 2.07. The highest BCUT2D eigenvalue weighted by atomic mass is 32.1. The smallest absolute Gasteiger partial charge is 0.00389 e. The molecule has 1 aromatic rings. The normalized spacial score (nSPS) is 15.1. The minimum Gasteiger partial charge on any atom is -0.314 e. The average Bonchev–Trinajstić information content (AvgIpc) is 2.76. The summed E-state index contributed by atoms with van der Waals surface area (Å²) in [6.07, 6.45) is 3.93. The van der Waals surface area contributed by atoms with E-state index in [1.165, 1.54) is 24.8 Å². The molecule has 0 spiro atoms. The maximum Gasteiger partial charge on any atom is 0.00389 e. The van der Waals surface area contributed by atoms with Crippen LogP contribution >= 0.6 is 11.3 Å². The Labute approximate surface area is 97.9 Å². The summed E-state index contributed by atoms with van der Waals surface area (Å²) in [5.74, 6) is 0.639. The molecule has 1 aromatic heterocycles. The molecule has 1 heterocycles. The van der Waals surface area contributed by atoms with Crippen LogP contribution in [0.15, 0.2) is 16.8 Å². The lowest BCUT2D eigenvalue weighted by Crippen LogP contribution is -2.29. The average molecular weight is 225 g/mol. The van der Waals surface area contributed by atoms with E-state index in [9.17, 15) is 0 Å². The number of thiophene rings is 1. The van der Waals surface area contributed by atoms with Crippen molar-refractivity contribution >= 4 is 11.3 Å². The highest BCUT2D eigenvalue weighted by molar-refractivity contribution is 7.07. The molecule has 2 atom stereocenters. The van der Waals surface area contributed by atoms with E-state index in [4.69, 9.17) is 0 Å². The van der Waals surface area contributed by atoms with Crippen molar-refractivity contribution in [1.29, 1.82) is 0 Å². The van der Waals surface area contributed by atoms with Crippen molar-refractivity contribution in [3.05, 3.63) is 22.4 Å². The zero-order valence-corrected chi connectivity index (χ0v) is 10.9. The second-order valence-electron chi connectivity index (χ2n) is 4.41. The largest absolute Gasteiger partial charge is 0.314 e. The first-order valence-electron chi connectivity index (χ1n) is 5.99. The van der Waals surface area contributed by atoms with Gasteiger partial charge in [-0.3, -0.25) is 0 Å². The molecule has 0 fully saturated rings. The fraction of sp³-hybridized carbons (Fsp3) is 0.692. The van der Waals surface area contributed by atoms with Crippen LogP contribution in [0.2, 0.25) is 0 Å². The predicted octanol–water partition coefficient (Wildman–Crippen LogP) is 4.02. The third kappa shape index (κ3) is 4.80. The van der Waals surface area contributed by atoms with Gasteiger partial charge in [0.15, 0.2) is 0 Å². The monoisotopic (exact) mass is 225 g/mol. The van der Waals surface area contributed by atoms with Crippen LogP contribution < -0.4 is 5.32 Å². The van der Waals surface area contributed by atoms with Gasteiger partial charge in [0.1, 0.15) is 0 Å². The number of hydrogen-bond acceptors (Lipinski definition) is 2. The Morgan fingerprint density at radius 3 is 2.80 bits per heavy atom. The molecule has 0 aromatic carbocycles. The van der Waals surface area contributed by atoms with Crippen molar-refractivity contribution in [2.24, 2.45) is 0 Å². The van der Waals surface area contributed by atoms with Crippen molar-refractivity contribution < 1.29 is 0 Å². The summed E-state index contributed by atoms with van der Waals surface area (Å²) in [7, 11) is 0. The first-order chi connectivity index (χ1) is 7.24. The van der Waals surface area contributed by atoms with Crippen LogP contribution in [0, 0.1) is 0 Å². The Bertz CT molecular complexity index is 243. The van der Waals surface area contributed by atoms with Crippen LogP contribution in [0.5, 0.6) is 0 Å². The molecule has 0 saturated heterocycles. The molecule has 1 nitrogen and oxygen atoms in total. The third-order valence-electron chi connectivity index (χ3n) is 2.88. The van der Waals surface area contributed by atoms with Crippen LogP contribution in [0.1, 0.15) is 51.5 Å². The van der Waals surface area contributed by atoms with Gasteiger partial charge in [0, 0.05) is 12.6 Å². The molecule has 0 aliphatic heterocycles. The van der Waals surface area contributed by atoms with E-state index in [0.29, 0.717) is 12.0 Å². The van der Waals surface area contributed by atoms with Gasteiger partial charge >= 0.3 is 0 Å². The predicted molar refractivity (Wildman–Crippen MR) is 69.7 cm³/mol. The Morgan fingerprint density at radius 1 is 1.40 bits per heavy atom. The molecule has 0 aliphatic rings. The van der Waals surface area contributed by atoms with Crippen molar-refractivity contribution in [1.82, 2.24) is 5.32 Å². The lowest BCUT2D eigenvalue weighted by atomic mass is 10.0. The Morgan fingerprint density at radius 2 is 2.20 bits per heavy atom. The Kier molecular flexibility index (Phi) is 5.96. The van der Waals surface area contributed by atoms with Crippen molar-refractivity contribution in [2.75, 3.05) is 6.54 Å². The second kappa shape index (κ2) is 7.02. The fourth-order valence-electron chi connectivity index (χ4n) is 1.66. The van der Waals surface area contributed by atoms with E-state index >= 15 is 0 Å². The minimum atomic E-state index is 0.639. The maximum absolute atomic E-state index is 3.61. The lowest BCUT2D eigenvalue weighted by Gasteiger charge is -2.16. The van der Waals surface area contributed by atoms with Gasteiger partial charge in [0.25, 0.3) is 0 Å². The zero-order chi connectivity index (χ0) is 11.1. The second-order valence-corrected chi connectivity index (χ2v) is 5.19. The third-order valence-corrected chi connectivity index (χ3v) is 3.58. The topological polar surface area (TPSA) is 12.0 Å². The van der Waals surface area contributed by atoms with Gasteiger partial charge in [-0.1, -0.05) is 26.7 Å². The molecule has 2 unspecified atom stereocenters. The molecule has 2 heteroatoms. The van der Waals surface area contributed by atoms with Gasteiger partial charge in [0.2, 0.25) is 0 Å². The van der Waals surface area contributed by atoms with Gasteiger partial charge < -0.3 is 5.32 Å². The molecular weight excluding hydrogens is 202 g/mol. The zero-order valence-electron chi connectivity index (χ0n) is 10.1. The minimum absolute atomic E-state index is 0.639. The summed E-state index contributed by atoms with van der Waals surface area (Å²) in [5.41, 5.74) is 1.47. The Balaban J connectivity index is 2.19. The van der Waals surface area contributed by atoms with Crippen LogP contribution in [0.3, 0.4) is 0 Å². The quantitative estimate of drug-likeness (QED) is 0.739. The summed E-state index contributed by atoms with van der Waals surface area (Å²) >= 11 is 1.79. The van der Waals surface area contributed by atoms with Gasteiger partial charge in [-0.05, 0) is 41.7 Å². The molecule has 1 N–H and O–H groups in total. The standard InChI is InChI=1S/C13H23NS/c1-4-5-6-12(3)14-9-11(2)13-7-8-15-10-13/h7-8,10-12,14H,4-6,9H2,1-3H3. The van der Waals surface area contributed by atoms with Crippen molar-refractivity contribution in [2.45, 2.75) is 52.0 Å². The summed E-state index contributed by atoms with van der Waals surface area (Å²) < 4.78 is 0. The number of rotatable bonds is 7. The van der Waals surface area contributed by atoms with Crippen LogP contribution in [0.25, 0.3) is 0 Å². The Hall–Kier alpha value is -0.340. The van der Waals surface area contributed by atoms with Gasteiger partial charge in [-0.2, -0.15) is 11.3 Å². The van der Waals surface area contributed by atoms with E-state index in [1.54, 1.807) is 11.3 Å². The molecule has 0 saturated carbocycles. The molecule has 0 aliphatic carbocycles. The fourth-order valence-corrected chi connectivity index (χ4v) is 2.45. The van der Waals surface area contributed by atoms with E-state index in [1.807, 2.05) is 0 Å². The van der Waals surface area contributed by atoms with Crippen molar-refractivity contribution in [3.8, 4) is 0 Å². The molecule has 0 radical (unpaired) electrons.